The standard InChI is InChI=1S/C33H58N6O7S/c1-10-13-15-23(26(40)29(42)34-17-11-2)35-28(41)25-22(12-3)16-19-39(25)30(43)27(33(7,8)9)37-31(44)36-24(32(4,5)6)21-38-18-14-20-47(38,45)46/h11,22-25,27H,2,10,12-21H2,1,3-9H3,(H,34,42)(H,35,41)(H2,36,37,44)/t22-,23?,24+,25-,27+/m0/s1. The van der Waals surface area contributed by atoms with Crippen molar-refractivity contribution < 1.29 is 32.4 Å². The Morgan fingerprint density at radius 2 is 1.62 bits per heavy atom. The van der Waals surface area contributed by atoms with Crippen LogP contribution in [0, 0.1) is 16.7 Å². The van der Waals surface area contributed by atoms with Crippen LogP contribution in [0.15, 0.2) is 12.7 Å². The minimum atomic E-state index is -3.38. The molecule has 4 N–H and O–H groups in total. The van der Waals surface area contributed by atoms with E-state index in [0.717, 1.165) is 6.42 Å². The molecule has 5 amide bonds. The summed E-state index contributed by atoms with van der Waals surface area (Å²) in [6, 6.07) is -4.11. The molecule has 2 heterocycles. The van der Waals surface area contributed by atoms with Gasteiger partial charge in [0.1, 0.15) is 12.1 Å². The van der Waals surface area contributed by atoms with Crippen molar-refractivity contribution >= 4 is 39.6 Å². The summed E-state index contributed by atoms with van der Waals surface area (Å²) in [4.78, 5) is 68.5. The summed E-state index contributed by atoms with van der Waals surface area (Å²) < 4.78 is 26.4. The van der Waals surface area contributed by atoms with Crippen molar-refractivity contribution in [3.63, 3.8) is 0 Å². The van der Waals surface area contributed by atoms with Gasteiger partial charge in [0.15, 0.2) is 0 Å². The fraction of sp³-hybridized carbons (Fsp3) is 0.788. The van der Waals surface area contributed by atoms with Crippen LogP contribution >= 0.6 is 0 Å². The van der Waals surface area contributed by atoms with Gasteiger partial charge in [-0.15, -0.1) is 6.58 Å². The number of carbonyl (C=O) groups is 5. The number of Topliss-reactive ketones (excluding diaryl/α,β-unsaturated/α-hetero) is 1. The van der Waals surface area contributed by atoms with Gasteiger partial charge < -0.3 is 26.2 Å². The second-order valence-electron chi connectivity index (χ2n) is 14.9. The van der Waals surface area contributed by atoms with Gasteiger partial charge in [0, 0.05) is 32.2 Å². The third kappa shape index (κ3) is 11.0. The van der Waals surface area contributed by atoms with E-state index in [0.29, 0.717) is 32.2 Å². The predicted molar refractivity (Wildman–Crippen MR) is 182 cm³/mol. The van der Waals surface area contributed by atoms with Crippen molar-refractivity contribution in [2.75, 3.05) is 31.9 Å². The molecule has 2 aliphatic rings. The zero-order valence-corrected chi connectivity index (χ0v) is 30.4. The number of urea groups is 1. The summed E-state index contributed by atoms with van der Waals surface area (Å²) in [5.74, 6) is -2.60. The Balaban J connectivity index is 2.29. The zero-order valence-electron chi connectivity index (χ0n) is 29.6. The van der Waals surface area contributed by atoms with E-state index in [1.54, 1.807) is 0 Å². The van der Waals surface area contributed by atoms with Crippen molar-refractivity contribution in [1.82, 2.24) is 30.5 Å². The Hall–Kier alpha value is -3.00. The molecule has 0 aliphatic carbocycles. The molecule has 2 aliphatic heterocycles. The number of rotatable bonds is 15. The van der Waals surface area contributed by atoms with Crippen molar-refractivity contribution in [2.24, 2.45) is 16.7 Å². The number of sulfonamides is 1. The first-order chi connectivity index (χ1) is 21.8. The molecule has 2 fully saturated rings. The second-order valence-corrected chi connectivity index (χ2v) is 17.0. The highest BCUT2D eigenvalue weighted by atomic mass is 32.2. The number of unbranched alkanes of at least 4 members (excludes halogenated alkanes) is 1. The molecule has 0 spiro atoms. The number of nitrogens with one attached hydrogen (secondary N) is 4. The van der Waals surface area contributed by atoms with Gasteiger partial charge in [0.05, 0.1) is 11.8 Å². The van der Waals surface area contributed by atoms with Crippen LogP contribution in [0.1, 0.15) is 93.9 Å². The lowest BCUT2D eigenvalue weighted by atomic mass is 9.85. The quantitative estimate of drug-likeness (QED) is 0.152. The fourth-order valence-corrected chi connectivity index (χ4v) is 7.55. The monoisotopic (exact) mass is 682 g/mol. The molecule has 2 saturated heterocycles. The van der Waals surface area contributed by atoms with E-state index in [1.807, 2.05) is 55.4 Å². The highest BCUT2D eigenvalue weighted by molar-refractivity contribution is 7.89. The summed E-state index contributed by atoms with van der Waals surface area (Å²) in [6.45, 7) is 19.5. The topological polar surface area (TPSA) is 174 Å². The molecular formula is C33H58N6O7S. The molecule has 0 radical (unpaired) electrons. The van der Waals surface area contributed by atoms with Crippen molar-refractivity contribution in [3.05, 3.63) is 12.7 Å². The average Bonchev–Trinajstić information content (AvgIpc) is 3.56. The van der Waals surface area contributed by atoms with E-state index < -0.39 is 74.6 Å². The normalized spacial score (nSPS) is 21.7. The van der Waals surface area contributed by atoms with Crippen LogP contribution in [0.2, 0.25) is 0 Å². The van der Waals surface area contributed by atoms with Crippen LogP contribution in [0.3, 0.4) is 0 Å². The number of ketones is 1. The fourth-order valence-electron chi connectivity index (χ4n) is 6.01. The van der Waals surface area contributed by atoms with Gasteiger partial charge in [0.2, 0.25) is 27.6 Å². The maximum atomic E-state index is 14.2. The molecule has 14 heteroatoms. The highest BCUT2D eigenvalue weighted by Crippen LogP contribution is 2.31. The van der Waals surface area contributed by atoms with Crippen molar-refractivity contribution in [1.29, 1.82) is 0 Å². The summed E-state index contributed by atoms with van der Waals surface area (Å²) in [5.41, 5.74) is -1.24. The van der Waals surface area contributed by atoms with Crippen molar-refractivity contribution in [3.8, 4) is 0 Å². The second kappa shape index (κ2) is 16.9. The molecule has 2 rings (SSSR count). The molecular weight excluding hydrogens is 624 g/mol. The Morgan fingerprint density at radius 1 is 0.957 bits per heavy atom. The van der Waals surface area contributed by atoms with Crippen LogP contribution in [-0.2, 0) is 29.2 Å². The van der Waals surface area contributed by atoms with E-state index in [9.17, 15) is 32.4 Å². The van der Waals surface area contributed by atoms with Crippen LogP contribution in [0.25, 0.3) is 0 Å². The van der Waals surface area contributed by atoms with Gasteiger partial charge in [-0.05, 0) is 36.0 Å². The molecule has 47 heavy (non-hydrogen) atoms. The molecule has 0 aromatic heterocycles. The molecule has 268 valence electrons. The number of nitrogens with zero attached hydrogens (tertiary/aromatic N) is 2. The zero-order chi connectivity index (χ0) is 35.7. The molecule has 0 aromatic rings. The predicted octanol–water partition coefficient (Wildman–Crippen LogP) is 2.32. The molecule has 0 bridgehead atoms. The lowest BCUT2D eigenvalue weighted by Crippen LogP contribution is -2.62. The number of amides is 5. The van der Waals surface area contributed by atoms with E-state index in [-0.39, 0.29) is 37.7 Å². The van der Waals surface area contributed by atoms with Crippen LogP contribution in [0.5, 0.6) is 0 Å². The van der Waals surface area contributed by atoms with E-state index in [1.165, 1.54) is 15.3 Å². The molecule has 13 nitrogen and oxygen atoms in total. The largest absolute Gasteiger partial charge is 0.346 e. The summed E-state index contributed by atoms with van der Waals surface area (Å²) >= 11 is 0. The van der Waals surface area contributed by atoms with Gasteiger partial charge >= 0.3 is 6.03 Å². The number of hydrogen-bond donors (Lipinski definition) is 4. The average molecular weight is 683 g/mol. The molecule has 1 unspecified atom stereocenters. The van der Waals surface area contributed by atoms with E-state index >= 15 is 0 Å². The van der Waals surface area contributed by atoms with Crippen molar-refractivity contribution in [2.45, 2.75) is 118 Å². The van der Waals surface area contributed by atoms with Crippen LogP contribution in [0.4, 0.5) is 4.79 Å². The van der Waals surface area contributed by atoms with E-state index in [2.05, 4.69) is 27.8 Å². The molecule has 0 aromatic carbocycles. The number of hydrogen-bond acceptors (Lipinski definition) is 7. The van der Waals surface area contributed by atoms with Gasteiger partial charge in [0.25, 0.3) is 5.91 Å². The lowest BCUT2D eigenvalue weighted by molar-refractivity contribution is -0.144. The van der Waals surface area contributed by atoms with E-state index in [4.69, 9.17) is 0 Å². The van der Waals surface area contributed by atoms with Gasteiger partial charge in [-0.25, -0.2) is 13.2 Å². The number of carbonyl (C=O) groups excluding carboxylic acids is 5. The Labute approximate surface area is 281 Å². The summed E-state index contributed by atoms with van der Waals surface area (Å²) in [7, 11) is -3.38. The van der Waals surface area contributed by atoms with Gasteiger partial charge in [-0.3, -0.25) is 19.2 Å². The highest BCUT2D eigenvalue weighted by Gasteiger charge is 2.46. The SMILES string of the molecule is C=CCNC(=O)C(=O)C(CCCC)NC(=O)[C@@H]1[C@@H](CC)CCN1C(=O)[C@@H](NC(=O)N[C@H](CN1CCCS1(=O)=O)C(C)(C)C)C(C)(C)C. The minimum absolute atomic E-state index is 0.0794. The molecule has 5 atom stereocenters. The maximum absolute atomic E-state index is 14.2. The van der Waals surface area contributed by atoms with Gasteiger partial charge in [-0.2, -0.15) is 4.31 Å². The van der Waals surface area contributed by atoms with Crippen LogP contribution < -0.4 is 21.3 Å². The Morgan fingerprint density at radius 3 is 2.13 bits per heavy atom. The smallest absolute Gasteiger partial charge is 0.315 e. The van der Waals surface area contributed by atoms with Gasteiger partial charge in [-0.1, -0.05) is 80.7 Å². The van der Waals surface area contributed by atoms with Crippen LogP contribution in [-0.4, -0.2) is 103 Å². The molecule has 0 saturated carbocycles. The first-order valence-electron chi connectivity index (χ1n) is 16.9. The summed E-state index contributed by atoms with van der Waals surface area (Å²) in [5, 5.41) is 11.0. The third-order valence-corrected chi connectivity index (χ3v) is 11.0. The number of likely N-dealkylation sites (tertiary alicyclic amines) is 1. The minimum Gasteiger partial charge on any atom is -0.346 e. The first-order valence-corrected chi connectivity index (χ1v) is 18.5. The first kappa shape index (κ1) is 40.2. The maximum Gasteiger partial charge on any atom is 0.315 e. The Kier molecular flexibility index (Phi) is 14.4. The third-order valence-electron chi connectivity index (χ3n) is 9.04. The lowest BCUT2D eigenvalue weighted by Gasteiger charge is -2.38. The summed E-state index contributed by atoms with van der Waals surface area (Å²) in [6.07, 6.45) is 4.80. The Bertz CT molecular complexity index is 1260.